The van der Waals surface area contributed by atoms with Gasteiger partial charge in [0.2, 0.25) is 0 Å². The van der Waals surface area contributed by atoms with Gasteiger partial charge in [0.15, 0.2) is 0 Å². The summed E-state index contributed by atoms with van der Waals surface area (Å²) in [5, 5.41) is 10.7. The first-order valence-electron chi connectivity index (χ1n) is 4.60. The summed E-state index contributed by atoms with van der Waals surface area (Å²) in [7, 11) is -2.75. The molecular weight excluding hydrogens is 248 g/mol. The van der Waals surface area contributed by atoms with Crippen LogP contribution in [0, 0.1) is 24.0 Å². The average Bonchev–Trinajstić information content (AvgIpc) is 2.21. The van der Waals surface area contributed by atoms with Crippen LogP contribution in [-0.4, -0.2) is 20.5 Å². The van der Waals surface area contributed by atoms with E-state index in [1.54, 1.807) is 13.8 Å². The minimum Gasteiger partial charge on any atom is -0.290 e. The predicted molar refractivity (Wildman–Crippen MR) is 59.9 cm³/mol. The van der Waals surface area contributed by atoms with Gasteiger partial charge in [0.1, 0.15) is 0 Å². The Hall–Kier alpha value is -1.51. The fraction of sp³-hybridized carbons (Fsp3) is 0.333. The first-order valence-corrected chi connectivity index (χ1v) is 6.08. The molecule has 0 aliphatic carbocycles. The summed E-state index contributed by atoms with van der Waals surface area (Å²) in [5.41, 5.74) is 0.695. The molecular formula is C9H12N2O5S. The number of sulfonamides is 1. The molecule has 1 N–H and O–H groups in total. The molecule has 7 nitrogen and oxygen atoms in total. The van der Waals surface area contributed by atoms with Gasteiger partial charge >= 0.3 is 0 Å². The van der Waals surface area contributed by atoms with E-state index < -0.39 is 14.9 Å². The topological polar surface area (TPSA) is 98.5 Å². The molecule has 0 saturated heterocycles. The summed E-state index contributed by atoms with van der Waals surface area (Å²) in [6.07, 6.45) is 0. The standard InChI is InChI=1S/C9H12N2O5S/c1-6-4-8(11(12)13)5-9(7(6)2)17(14,15)10-16-3/h4-5,10H,1-3H3. The van der Waals surface area contributed by atoms with Crippen molar-refractivity contribution in [2.24, 2.45) is 0 Å². The van der Waals surface area contributed by atoms with Crippen molar-refractivity contribution >= 4 is 15.7 Å². The van der Waals surface area contributed by atoms with E-state index in [0.29, 0.717) is 11.1 Å². The lowest BCUT2D eigenvalue weighted by atomic mass is 10.1. The van der Waals surface area contributed by atoms with Gasteiger partial charge in [-0.2, -0.15) is 0 Å². The summed E-state index contributed by atoms with van der Waals surface area (Å²) in [6, 6.07) is 2.32. The van der Waals surface area contributed by atoms with Gasteiger partial charge in [-0.1, -0.05) is 4.89 Å². The number of benzene rings is 1. The average molecular weight is 260 g/mol. The Balaban J connectivity index is 3.48. The number of nitrogens with zero attached hydrogens (tertiary/aromatic N) is 1. The molecule has 0 bridgehead atoms. The third kappa shape index (κ3) is 2.78. The van der Waals surface area contributed by atoms with E-state index >= 15 is 0 Å². The minimum atomic E-state index is -3.90. The van der Waals surface area contributed by atoms with Gasteiger partial charge in [0, 0.05) is 12.1 Å². The molecule has 0 heterocycles. The summed E-state index contributed by atoms with van der Waals surface area (Å²) in [6.45, 7) is 3.18. The van der Waals surface area contributed by atoms with E-state index in [2.05, 4.69) is 4.84 Å². The highest BCUT2D eigenvalue weighted by Gasteiger charge is 2.22. The van der Waals surface area contributed by atoms with Crippen molar-refractivity contribution in [2.75, 3.05) is 7.11 Å². The molecule has 8 heteroatoms. The van der Waals surface area contributed by atoms with Crippen LogP contribution in [-0.2, 0) is 14.9 Å². The SMILES string of the molecule is CONS(=O)(=O)c1cc([N+](=O)[O-])cc(C)c1C. The molecule has 1 aromatic carbocycles. The maximum Gasteiger partial charge on any atom is 0.271 e. The van der Waals surface area contributed by atoms with Crippen molar-refractivity contribution in [1.82, 2.24) is 4.89 Å². The molecule has 0 aliphatic rings. The van der Waals surface area contributed by atoms with Crippen molar-refractivity contribution < 1.29 is 18.2 Å². The fourth-order valence-corrected chi connectivity index (χ4v) is 2.50. The largest absolute Gasteiger partial charge is 0.290 e. The highest BCUT2D eigenvalue weighted by Crippen LogP contribution is 2.25. The number of aryl methyl sites for hydroxylation is 1. The van der Waals surface area contributed by atoms with E-state index in [-0.39, 0.29) is 10.6 Å². The summed E-state index contributed by atoms with van der Waals surface area (Å²) in [4.78, 5) is 16.0. The van der Waals surface area contributed by atoms with Gasteiger partial charge < -0.3 is 0 Å². The Morgan fingerprint density at radius 3 is 2.41 bits per heavy atom. The third-order valence-electron chi connectivity index (χ3n) is 2.30. The van der Waals surface area contributed by atoms with Crippen LogP contribution in [0.25, 0.3) is 0 Å². The molecule has 0 aliphatic heterocycles. The van der Waals surface area contributed by atoms with Gasteiger partial charge in [-0.25, -0.2) is 8.42 Å². The number of hydrogen-bond acceptors (Lipinski definition) is 5. The van der Waals surface area contributed by atoms with Crippen molar-refractivity contribution in [2.45, 2.75) is 18.7 Å². The molecule has 0 spiro atoms. The van der Waals surface area contributed by atoms with Crippen molar-refractivity contribution in [3.8, 4) is 0 Å². The number of rotatable bonds is 4. The number of nitrogens with one attached hydrogen (secondary N) is 1. The summed E-state index contributed by atoms with van der Waals surface area (Å²) < 4.78 is 23.4. The molecule has 94 valence electrons. The van der Waals surface area contributed by atoms with Crippen molar-refractivity contribution in [3.05, 3.63) is 33.4 Å². The van der Waals surface area contributed by atoms with Crippen LogP contribution in [0.3, 0.4) is 0 Å². The number of hydrogen-bond donors (Lipinski definition) is 1. The Bertz CT molecular complexity index is 553. The summed E-state index contributed by atoms with van der Waals surface area (Å²) in [5.74, 6) is 0. The zero-order chi connectivity index (χ0) is 13.2. The van der Waals surface area contributed by atoms with Crippen LogP contribution in [0.2, 0.25) is 0 Å². The molecule has 0 fully saturated rings. The normalized spacial score (nSPS) is 11.5. The third-order valence-corrected chi connectivity index (χ3v) is 3.69. The lowest BCUT2D eigenvalue weighted by Crippen LogP contribution is -2.23. The van der Waals surface area contributed by atoms with Gasteiger partial charge in [0.25, 0.3) is 15.7 Å². The Morgan fingerprint density at radius 1 is 1.35 bits per heavy atom. The zero-order valence-electron chi connectivity index (χ0n) is 9.55. The van der Waals surface area contributed by atoms with E-state index in [0.717, 1.165) is 13.2 Å². The molecule has 0 saturated carbocycles. The quantitative estimate of drug-likeness (QED) is 0.644. The van der Waals surface area contributed by atoms with E-state index in [9.17, 15) is 18.5 Å². The number of non-ortho nitro benzene ring substituents is 1. The number of nitro groups is 1. The molecule has 1 rings (SSSR count). The second-order valence-electron chi connectivity index (χ2n) is 3.43. The monoisotopic (exact) mass is 260 g/mol. The first kappa shape index (κ1) is 13.6. The molecule has 0 atom stereocenters. The lowest BCUT2D eigenvalue weighted by Gasteiger charge is -2.09. The van der Waals surface area contributed by atoms with Crippen LogP contribution in [0.1, 0.15) is 11.1 Å². The molecule has 0 amide bonds. The van der Waals surface area contributed by atoms with Crippen LogP contribution in [0.5, 0.6) is 0 Å². The second-order valence-corrected chi connectivity index (χ2v) is 5.05. The van der Waals surface area contributed by atoms with Crippen molar-refractivity contribution in [3.63, 3.8) is 0 Å². The predicted octanol–water partition coefficient (Wildman–Crippen LogP) is 1.05. The maximum absolute atomic E-state index is 11.7. The van der Waals surface area contributed by atoms with Crippen molar-refractivity contribution in [1.29, 1.82) is 0 Å². The van der Waals surface area contributed by atoms with E-state index in [1.165, 1.54) is 6.07 Å². The minimum absolute atomic E-state index is 0.161. The van der Waals surface area contributed by atoms with Gasteiger partial charge in [-0.05, 0) is 25.0 Å². The number of nitro benzene ring substituents is 1. The molecule has 17 heavy (non-hydrogen) atoms. The Morgan fingerprint density at radius 2 is 1.94 bits per heavy atom. The second kappa shape index (κ2) is 4.78. The highest BCUT2D eigenvalue weighted by molar-refractivity contribution is 7.89. The maximum atomic E-state index is 11.7. The van der Waals surface area contributed by atoms with Crippen LogP contribution >= 0.6 is 0 Å². The van der Waals surface area contributed by atoms with Gasteiger partial charge in [-0.15, -0.1) is 0 Å². The van der Waals surface area contributed by atoms with Gasteiger partial charge in [0.05, 0.1) is 16.9 Å². The van der Waals surface area contributed by atoms with E-state index in [4.69, 9.17) is 0 Å². The Kier molecular flexibility index (Phi) is 3.81. The smallest absolute Gasteiger partial charge is 0.271 e. The molecule has 0 unspecified atom stereocenters. The molecule has 0 aromatic heterocycles. The molecule has 1 aromatic rings. The Labute approximate surface area is 98.6 Å². The lowest BCUT2D eigenvalue weighted by molar-refractivity contribution is -0.385. The van der Waals surface area contributed by atoms with Gasteiger partial charge in [-0.3, -0.25) is 15.0 Å². The van der Waals surface area contributed by atoms with Crippen LogP contribution in [0.4, 0.5) is 5.69 Å². The van der Waals surface area contributed by atoms with Crippen LogP contribution < -0.4 is 4.89 Å². The zero-order valence-corrected chi connectivity index (χ0v) is 10.4. The summed E-state index contributed by atoms with van der Waals surface area (Å²) >= 11 is 0. The van der Waals surface area contributed by atoms with E-state index in [1.807, 2.05) is 4.89 Å². The van der Waals surface area contributed by atoms with Crippen LogP contribution in [0.15, 0.2) is 17.0 Å². The molecule has 0 radical (unpaired) electrons. The highest BCUT2D eigenvalue weighted by atomic mass is 32.2. The fourth-order valence-electron chi connectivity index (χ4n) is 1.35. The first-order chi connectivity index (χ1) is 7.79.